The molecule has 0 bridgehead atoms. The molecule has 1 heterocycles. The van der Waals surface area contributed by atoms with Crippen LogP contribution in [0, 0.1) is 0 Å². The second-order valence-electron chi connectivity index (χ2n) is 8.67. The quantitative estimate of drug-likeness (QED) is 0.329. The minimum absolute atomic E-state index is 0.282. The van der Waals surface area contributed by atoms with Crippen molar-refractivity contribution in [3.05, 3.63) is 77.5 Å². The second-order valence-corrected chi connectivity index (χ2v) is 8.67. The Kier molecular flexibility index (Phi) is 6.62. The predicted molar refractivity (Wildman–Crippen MR) is 142 cm³/mol. The molecule has 2 N–H and O–H groups in total. The maximum atomic E-state index is 13.2. The third kappa shape index (κ3) is 4.40. The van der Waals surface area contributed by atoms with Gasteiger partial charge in [0.05, 0.1) is 43.8 Å². The monoisotopic (exact) mass is 483 g/mol. The van der Waals surface area contributed by atoms with E-state index in [1.807, 2.05) is 42.5 Å². The summed E-state index contributed by atoms with van der Waals surface area (Å²) in [6.45, 7) is 0. The number of nitrogens with zero attached hydrogens (tertiary/aromatic N) is 1. The number of ether oxygens (including phenoxy) is 3. The highest BCUT2D eigenvalue weighted by Crippen LogP contribution is 2.38. The maximum absolute atomic E-state index is 13.2. The Labute approximate surface area is 210 Å². The summed E-state index contributed by atoms with van der Waals surface area (Å²) in [5.41, 5.74) is 6.18. The van der Waals surface area contributed by atoms with Crippen LogP contribution in [0.25, 0.3) is 10.9 Å². The Balaban J connectivity index is 1.57. The van der Waals surface area contributed by atoms with Gasteiger partial charge in [-0.25, -0.2) is 0 Å². The van der Waals surface area contributed by atoms with Gasteiger partial charge in [-0.3, -0.25) is 9.78 Å². The van der Waals surface area contributed by atoms with Crippen molar-refractivity contribution in [2.75, 3.05) is 32.0 Å². The molecule has 0 radical (unpaired) electrons. The van der Waals surface area contributed by atoms with Crippen LogP contribution in [0.1, 0.15) is 34.5 Å². The number of amides is 1. The summed E-state index contributed by atoms with van der Waals surface area (Å²) in [5.74, 6) is 1.38. The Morgan fingerprint density at radius 2 is 1.64 bits per heavy atom. The van der Waals surface area contributed by atoms with Crippen LogP contribution in [0.4, 0.5) is 17.1 Å². The molecule has 184 valence electrons. The van der Waals surface area contributed by atoms with E-state index in [1.54, 1.807) is 32.4 Å². The van der Waals surface area contributed by atoms with Crippen LogP contribution in [0.2, 0.25) is 0 Å². The predicted octanol–water partition coefficient (Wildman–Crippen LogP) is 6.14. The minimum atomic E-state index is -0.282. The Morgan fingerprint density at radius 1 is 0.861 bits per heavy atom. The second kappa shape index (κ2) is 10.2. The molecule has 3 aromatic carbocycles. The summed E-state index contributed by atoms with van der Waals surface area (Å²) in [6.07, 6.45) is 4.16. The van der Waals surface area contributed by atoms with Gasteiger partial charge in [0.1, 0.15) is 5.75 Å². The number of pyridine rings is 1. The number of benzene rings is 3. The normalized spacial score (nSPS) is 12.5. The number of carbonyl (C=O) groups is 1. The van der Waals surface area contributed by atoms with Crippen LogP contribution in [-0.2, 0) is 12.8 Å². The number of aryl methyl sites for hydroxylation is 1. The topological polar surface area (TPSA) is 81.7 Å². The van der Waals surface area contributed by atoms with Crippen LogP contribution in [-0.4, -0.2) is 32.2 Å². The van der Waals surface area contributed by atoms with Gasteiger partial charge in [0.25, 0.3) is 5.91 Å². The van der Waals surface area contributed by atoms with E-state index in [0.717, 1.165) is 59.4 Å². The number of rotatable bonds is 7. The third-order valence-corrected chi connectivity index (χ3v) is 6.53. The molecule has 7 nitrogen and oxygen atoms in total. The molecule has 4 aromatic rings. The molecule has 0 aliphatic heterocycles. The van der Waals surface area contributed by atoms with Crippen molar-refractivity contribution in [2.24, 2.45) is 0 Å². The fourth-order valence-electron chi connectivity index (χ4n) is 4.79. The first-order valence-corrected chi connectivity index (χ1v) is 12.0. The molecule has 0 unspecified atom stereocenters. The number of fused-ring (bicyclic) bond motifs is 2. The van der Waals surface area contributed by atoms with Gasteiger partial charge in [-0.2, -0.15) is 0 Å². The highest BCUT2D eigenvalue weighted by atomic mass is 16.5. The van der Waals surface area contributed by atoms with E-state index >= 15 is 0 Å². The number of aromatic nitrogens is 1. The van der Waals surface area contributed by atoms with Gasteiger partial charge in [0.2, 0.25) is 0 Å². The Hall–Kier alpha value is -4.26. The molecule has 1 aliphatic rings. The number of anilines is 3. The number of para-hydroxylation sites is 3. The van der Waals surface area contributed by atoms with Crippen LogP contribution in [0.3, 0.4) is 0 Å². The molecule has 7 heteroatoms. The lowest BCUT2D eigenvalue weighted by atomic mass is 9.92. The van der Waals surface area contributed by atoms with Crippen LogP contribution < -0.4 is 24.8 Å². The molecule has 1 aliphatic carbocycles. The zero-order chi connectivity index (χ0) is 25.1. The van der Waals surface area contributed by atoms with Gasteiger partial charge >= 0.3 is 0 Å². The standard InChI is InChI=1S/C29H29N3O4/c1-34-25-13-7-6-12-24(25)32-27-19-9-4-5-11-22(19)31-23-16-15-18(17-21(23)27)30-29(33)20-10-8-14-26(35-2)28(20)36-3/h6-8,10,12-17H,4-5,9,11H2,1-3H3,(H,30,33)(H,31,32). The van der Waals surface area contributed by atoms with Gasteiger partial charge < -0.3 is 24.8 Å². The summed E-state index contributed by atoms with van der Waals surface area (Å²) < 4.78 is 16.4. The molecule has 0 atom stereocenters. The molecule has 0 saturated carbocycles. The Morgan fingerprint density at radius 3 is 2.44 bits per heavy atom. The maximum Gasteiger partial charge on any atom is 0.259 e. The summed E-state index contributed by atoms with van der Waals surface area (Å²) in [6, 6.07) is 18.9. The molecule has 0 spiro atoms. The van der Waals surface area contributed by atoms with Crippen molar-refractivity contribution >= 4 is 33.9 Å². The molecule has 1 aromatic heterocycles. The summed E-state index contributed by atoms with van der Waals surface area (Å²) in [7, 11) is 4.74. The van der Waals surface area contributed by atoms with Crippen LogP contribution in [0.15, 0.2) is 60.7 Å². The van der Waals surface area contributed by atoms with E-state index in [2.05, 4.69) is 10.6 Å². The fraction of sp³-hybridized carbons (Fsp3) is 0.241. The Bertz CT molecular complexity index is 1430. The van der Waals surface area contributed by atoms with Crippen LogP contribution in [0.5, 0.6) is 17.2 Å². The highest BCUT2D eigenvalue weighted by molar-refractivity contribution is 6.08. The third-order valence-electron chi connectivity index (χ3n) is 6.53. The molecule has 5 rings (SSSR count). The van der Waals surface area contributed by atoms with Gasteiger partial charge in [0.15, 0.2) is 11.5 Å². The van der Waals surface area contributed by atoms with Gasteiger partial charge in [-0.05, 0) is 73.7 Å². The van der Waals surface area contributed by atoms with Gasteiger partial charge in [0, 0.05) is 16.8 Å². The molecule has 0 fully saturated rings. The largest absolute Gasteiger partial charge is 0.495 e. The van der Waals surface area contributed by atoms with Crippen molar-refractivity contribution in [1.29, 1.82) is 0 Å². The highest BCUT2D eigenvalue weighted by Gasteiger charge is 2.21. The number of hydrogen-bond acceptors (Lipinski definition) is 6. The summed E-state index contributed by atoms with van der Waals surface area (Å²) >= 11 is 0. The fourth-order valence-corrected chi connectivity index (χ4v) is 4.79. The first-order valence-electron chi connectivity index (χ1n) is 12.0. The smallest absolute Gasteiger partial charge is 0.259 e. The van der Waals surface area contributed by atoms with Crippen molar-refractivity contribution in [1.82, 2.24) is 4.98 Å². The molecular formula is C29H29N3O4. The lowest BCUT2D eigenvalue weighted by Crippen LogP contribution is -2.14. The molecule has 1 amide bonds. The number of methoxy groups -OCH3 is 3. The average Bonchev–Trinajstić information content (AvgIpc) is 2.92. The number of carbonyl (C=O) groups excluding carboxylic acids is 1. The van der Waals surface area contributed by atoms with Gasteiger partial charge in [-0.1, -0.05) is 18.2 Å². The lowest BCUT2D eigenvalue weighted by molar-refractivity contribution is 0.102. The van der Waals surface area contributed by atoms with Gasteiger partial charge in [-0.15, -0.1) is 0 Å². The minimum Gasteiger partial charge on any atom is -0.495 e. The van der Waals surface area contributed by atoms with E-state index in [4.69, 9.17) is 19.2 Å². The van der Waals surface area contributed by atoms with Crippen molar-refractivity contribution in [3.63, 3.8) is 0 Å². The van der Waals surface area contributed by atoms with Crippen molar-refractivity contribution in [2.45, 2.75) is 25.7 Å². The first-order chi connectivity index (χ1) is 17.6. The van der Waals surface area contributed by atoms with E-state index in [-0.39, 0.29) is 5.91 Å². The summed E-state index contributed by atoms with van der Waals surface area (Å²) in [5, 5.41) is 7.58. The SMILES string of the molecule is COc1ccccc1Nc1c2c(nc3ccc(NC(=O)c4cccc(OC)c4OC)cc13)CCCC2. The van der Waals surface area contributed by atoms with Crippen molar-refractivity contribution in [3.8, 4) is 17.2 Å². The molecule has 36 heavy (non-hydrogen) atoms. The van der Waals surface area contributed by atoms with E-state index < -0.39 is 0 Å². The van der Waals surface area contributed by atoms with E-state index in [1.165, 1.54) is 12.7 Å². The van der Waals surface area contributed by atoms with E-state index in [9.17, 15) is 4.79 Å². The molecular weight excluding hydrogens is 454 g/mol. The lowest BCUT2D eigenvalue weighted by Gasteiger charge is -2.23. The number of hydrogen-bond donors (Lipinski definition) is 2. The molecule has 0 saturated heterocycles. The van der Waals surface area contributed by atoms with Crippen LogP contribution >= 0.6 is 0 Å². The summed E-state index contributed by atoms with van der Waals surface area (Å²) in [4.78, 5) is 18.2. The first kappa shape index (κ1) is 23.5. The van der Waals surface area contributed by atoms with E-state index in [0.29, 0.717) is 22.7 Å². The zero-order valence-corrected chi connectivity index (χ0v) is 20.7. The van der Waals surface area contributed by atoms with Crippen molar-refractivity contribution < 1.29 is 19.0 Å². The average molecular weight is 484 g/mol. The number of nitrogens with one attached hydrogen (secondary N) is 2. The zero-order valence-electron chi connectivity index (χ0n) is 20.7.